The van der Waals surface area contributed by atoms with Crippen molar-refractivity contribution < 1.29 is 13.2 Å². The fourth-order valence-corrected chi connectivity index (χ4v) is 2.83. The first kappa shape index (κ1) is 13.4. The van der Waals surface area contributed by atoms with E-state index < -0.39 is 24.1 Å². The molecular weight excluding hydrogens is 243 g/mol. The van der Waals surface area contributed by atoms with Crippen LogP contribution in [0.4, 0.5) is 13.2 Å². The second kappa shape index (κ2) is 4.91. The molecule has 3 unspecified atom stereocenters. The van der Waals surface area contributed by atoms with E-state index in [2.05, 4.69) is 5.10 Å². The van der Waals surface area contributed by atoms with E-state index >= 15 is 0 Å². The summed E-state index contributed by atoms with van der Waals surface area (Å²) in [5.41, 5.74) is 6.55. The van der Waals surface area contributed by atoms with Gasteiger partial charge in [-0.3, -0.25) is 4.68 Å². The molecule has 3 nitrogen and oxygen atoms in total. The average molecular weight is 261 g/mol. The summed E-state index contributed by atoms with van der Waals surface area (Å²) in [6.45, 7) is 0. The minimum atomic E-state index is -4.16. The Morgan fingerprint density at radius 1 is 1.39 bits per heavy atom. The first-order valence-corrected chi connectivity index (χ1v) is 6.21. The fourth-order valence-electron chi connectivity index (χ4n) is 2.83. The van der Waals surface area contributed by atoms with Crippen molar-refractivity contribution in [3.63, 3.8) is 0 Å². The highest BCUT2D eigenvalue weighted by Crippen LogP contribution is 2.45. The zero-order valence-electron chi connectivity index (χ0n) is 10.3. The Labute approximate surface area is 104 Å². The Kier molecular flexibility index (Phi) is 3.66. The molecular formula is C12H18F3N3. The smallest absolute Gasteiger partial charge is 0.322 e. The van der Waals surface area contributed by atoms with E-state index in [-0.39, 0.29) is 6.42 Å². The largest absolute Gasteiger partial charge is 0.392 e. The lowest BCUT2D eigenvalue weighted by Gasteiger charge is -2.35. The van der Waals surface area contributed by atoms with Gasteiger partial charge < -0.3 is 5.73 Å². The van der Waals surface area contributed by atoms with E-state index in [0.29, 0.717) is 18.5 Å². The number of hydrogen-bond acceptors (Lipinski definition) is 2. The van der Waals surface area contributed by atoms with Gasteiger partial charge in [0.2, 0.25) is 0 Å². The lowest BCUT2D eigenvalue weighted by atomic mass is 9.74. The predicted molar refractivity (Wildman–Crippen MR) is 61.6 cm³/mol. The maximum atomic E-state index is 13.0. The molecule has 3 atom stereocenters. The van der Waals surface area contributed by atoms with Crippen molar-refractivity contribution >= 4 is 0 Å². The minimum absolute atomic E-state index is 0.189. The van der Waals surface area contributed by atoms with Crippen molar-refractivity contribution in [2.75, 3.05) is 0 Å². The van der Waals surface area contributed by atoms with Gasteiger partial charge in [-0.05, 0) is 24.8 Å². The van der Waals surface area contributed by atoms with Gasteiger partial charge in [0.15, 0.2) is 0 Å². The van der Waals surface area contributed by atoms with Gasteiger partial charge in [0, 0.05) is 13.2 Å². The Balaban J connectivity index is 2.18. The van der Waals surface area contributed by atoms with Gasteiger partial charge in [-0.15, -0.1) is 0 Å². The minimum Gasteiger partial charge on any atom is -0.322 e. The number of nitrogens with zero attached hydrogens (tertiary/aromatic N) is 2. The summed E-state index contributed by atoms with van der Waals surface area (Å²) in [5.74, 6) is -1.84. The Bertz CT molecular complexity index is 400. The van der Waals surface area contributed by atoms with Crippen molar-refractivity contribution in [3.8, 4) is 0 Å². The third-order valence-corrected chi connectivity index (χ3v) is 3.78. The third-order valence-electron chi connectivity index (χ3n) is 3.78. The van der Waals surface area contributed by atoms with Crippen LogP contribution in [0.25, 0.3) is 0 Å². The maximum Gasteiger partial charge on any atom is 0.392 e. The summed E-state index contributed by atoms with van der Waals surface area (Å²) >= 11 is 0. The number of rotatable bonds is 2. The molecule has 2 N–H and O–H groups in total. The van der Waals surface area contributed by atoms with Crippen molar-refractivity contribution in [1.29, 1.82) is 0 Å². The van der Waals surface area contributed by atoms with Gasteiger partial charge in [-0.2, -0.15) is 18.3 Å². The molecule has 1 aliphatic rings. The highest BCUT2D eigenvalue weighted by molar-refractivity contribution is 5.07. The van der Waals surface area contributed by atoms with Gasteiger partial charge >= 0.3 is 6.18 Å². The van der Waals surface area contributed by atoms with Crippen molar-refractivity contribution in [2.45, 2.75) is 37.9 Å². The quantitative estimate of drug-likeness (QED) is 0.889. The Morgan fingerprint density at radius 2 is 2.06 bits per heavy atom. The van der Waals surface area contributed by atoms with Crippen LogP contribution in [0.3, 0.4) is 0 Å². The van der Waals surface area contributed by atoms with Crippen LogP contribution in [0.5, 0.6) is 0 Å². The van der Waals surface area contributed by atoms with Crippen molar-refractivity contribution in [2.24, 2.45) is 24.6 Å². The molecule has 0 aliphatic heterocycles. The van der Waals surface area contributed by atoms with Crippen molar-refractivity contribution in [1.82, 2.24) is 9.78 Å². The van der Waals surface area contributed by atoms with Gasteiger partial charge in [-0.1, -0.05) is 12.8 Å². The van der Waals surface area contributed by atoms with Crippen LogP contribution in [0.1, 0.15) is 37.4 Å². The zero-order chi connectivity index (χ0) is 13.3. The first-order valence-electron chi connectivity index (χ1n) is 6.21. The molecule has 0 radical (unpaired) electrons. The van der Waals surface area contributed by atoms with Gasteiger partial charge in [0.25, 0.3) is 0 Å². The van der Waals surface area contributed by atoms with E-state index in [4.69, 9.17) is 5.73 Å². The summed E-state index contributed by atoms with van der Waals surface area (Å²) in [6, 6.07) is 1.07. The molecule has 0 bridgehead atoms. The summed E-state index contributed by atoms with van der Waals surface area (Å²) < 4.78 is 40.5. The van der Waals surface area contributed by atoms with Crippen LogP contribution >= 0.6 is 0 Å². The summed E-state index contributed by atoms with van der Waals surface area (Å²) in [6.07, 6.45) is -0.276. The molecule has 1 fully saturated rings. The van der Waals surface area contributed by atoms with Crippen molar-refractivity contribution in [3.05, 3.63) is 18.0 Å². The molecule has 0 amide bonds. The molecule has 6 heteroatoms. The molecule has 18 heavy (non-hydrogen) atoms. The molecule has 2 rings (SSSR count). The SMILES string of the molecule is Cn1ccc(C(N)C2CCCCC2C(F)(F)F)n1. The first-order chi connectivity index (χ1) is 8.39. The van der Waals surface area contributed by atoms with E-state index in [1.54, 1.807) is 24.0 Å². The highest BCUT2D eigenvalue weighted by atomic mass is 19.4. The van der Waals surface area contributed by atoms with Gasteiger partial charge in [0.05, 0.1) is 17.7 Å². The molecule has 1 aromatic heterocycles. The number of nitrogens with two attached hydrogens (primary N) is 1. The van der Waals surface area contributed by atoms with Gasteiger partial charge in [-0.25, -0.2) is 0 Å². The molecule has 1 aromatic rings. The van der Waals surface area contributed by atoms with Crippen LogP contribution in [0, 0.1) is 11.8 Å². The standard InChI is InChI=1S/C12H18F3N3/c1-18-7-6-10(17-18)11(16)8-4-2-3-5-9(8)12(13,14)15/h6-9,11H,2-5,16H2,1H3. The number of hydrogen-bond donors (Lipinski definition) is 1. The summed E-state index contributed by atoms with van der Waals surface area (Å²) in [7, 11) is 1.73. The van der Waals surface area contributed by atoms with Crippen LogP contribution in [-0.4, -0.2) is 16.0 Å². The van der Waals surface area contributed by atoms with E-state index in [9.17, 15) is 13.2 Å². The average Bonchev–Trinajstić information content (AvgIpc) is 2.74. The monoisotopic (exact) mass is 261 g/mol. The van der Waals surface area contributed by atoms with Gasteiger partial charge in [0.1, 0.15) is 0 Å². The lowest BCUT2D eigenvalue weighted by molar-refractivity contribution is -0.198. The second-order valence-corrected chi connectivity index (χ2v) is 5.04. The molecule has 1 heterocycles. The molecule has 0 aromatic carbocycles. The molecule has 0 spiro atoms. The summed E-state index contributed by atoms with van der Waals surface area (Å²) in [5, 5.41) is 4.13. The van der Waals surface area contributed by atoms with Crippen LogP contribution in [0.15, 0.2) is 12.3 Å². The van der Waals surface area contributed by atoms with Crippen LogP contribution < -0.4 is 5.73 Å². The lowest BCUT2D eigenvalue weighted by Crippen LogP contribution is -2.39. The molecule has 102 valence electrons. The van der Waals surface area contributed by atoms with E-state index in [1.165, 1.54) is 0 Å². The number of alkyl halides is 3. The molecule has 1 aliphatic carbocycles. The second-order valence-electron chi connectivity index (χ2n) is 5.04. The summed E-state index contributed by atoms with van der Waals surface area (Å²) in [4.78, 5) is 0. The molecule has 1 saturated carbocycles. The topological polar surface area (TPSA) is 43.8 Å². The van der Waals surface area contributed by atoms with E-state index in [1.807, 2.05) is 0 Å². The third kappa shape index (κ3) is 2.68. The number of halogens is 3. The predicted octanol–water partition coefficient (Wildman–Crippen LogP) is 2.79. The zero-order valence-corrected chi connectivity index (χ0v) is 10.3. The van der Waals surface area contributed by atoms with E-state index in [0.717, 1.165) is 6.42 Å². The number of aryl methyl sites for hydroxylation is 1. The number of aromatic nitrogens is 2. The molecule has 0 saturated heterocycles. The van der Waals surface area contributed by atoms with Crippen LogP contribution in [0.2, 0.25) is 0 Å². The van der Waals surface area contributed by atoms with Crippen LogP contribution in [-0.2, 0) is 7.05 Å². The normalized spacial score (nSPS) is 27.2. The Hall–Kier alpha value is -1.04. The Morgan fingerprint density at radius 3 is 2.61 bits per heavy atom. The maximum absolute atomic E-state index is 13.0. The fraction of sp³-hybridized carbons (Fsp3) is 0.750. The highest BCUT2D eigenvalue weighted by Gasteiger charge is 2.47.